The van der Waals surface area contributed by atoms with E-state index in [9.17, 15) is 0 Å². The summed E-state index contributed by atoms with van der Waals surface area (Å²) in [5.74, 6) is 0. The van der Waals surface area contributed by atoms with Crippen LogP contribution in [0.3, 0.4) is 0 Å². The quantitative estimate of drug-likeness (QED) is 0.438. The first-order chi connectivity index (χ1) is 9.31. The maximum Gasteiger partial charge on any atom is 0.183 e. The van der Waals surface area contributed by atoms with Crippen molar-refractivity contribution in [2.75, 3.05) is 13.2 Å². The van der Waals surface area contributed by atoms with Crippen molar-refractivity contribution >= 4 is 6.08 Å². The number of hydrogen-bond acceptors (Lipinski definition) is 2. The molecule has 1 aromatic carbocycles. The first-order valence-electron chi connectivity index (χ1n) is 7.27. The molecule has 0 amide bonds. The Morgan fingerprint density at radius 3 is 2.26 bits per heavy atom. The lowest BCUT2D eigenvalue weighted by atomic mass is 10.1. The van der Waals surface area contributed by atoms with Crippen molar-refractivity contribution in [3.63, 3.8) is 0 Å². The lowest BCUT2D eigenvalue weighted by Crippen LogP contribution is -2.11. The van der Waals surface area contributed by atoms with Crippen LogP contribution in [0.2, 0.25) is 0 Å². The lowest BCUT2D eigenvalue weighted by Gasteiger charge is -2.19. The fourth-order valence-electron chi connectivity index (χ4n) is 1.74. The summed E-state index contributed by atoms with van der Waals surface area (Å²) >= 11 is 0. The third-order valence-electron chi connectivity index (χ3n) is 2.95. The van der Waals surface area contributed by atoms with Gasteiger partial charge in [0.1, 0.15) is 0 Å². The van der Waals surface area contributed by atoms with Gasteiger partial charge in [-0.05, 0) is 24.5 Å². The van der Waals surface area contributed by atoms with E-state index >= 15 is 0 Å². The van der Waals surface area contributed by atoms with Gasteiger partial charge in [-0.3, -0.25) is 0 Å². The second-order valence-electron chi connectivity index (χ2n) is 4.65. The highest BCUT2D eigenvalue weighted by molar-refractivity contribution is 5.48. The Morgan fingerprint density at radius 2 is 1.74 bits per heavy atom. The molecule has 0 bridgehead atoms. The van der Waals surface area contributed by atoms with E-state index in [2.05, 4.69) is 32.6 Å². The zero-order chi connectivity index (χ0) is 13.9. The van der Waals surface area contributed by atoms with Gasteiger partial charge >= 0.3 is 0 Å². The molecule has 0 aliphatic heterocycles. The Bertz CT molecular complexity index is 350. The van der Waals surface area contributed by atoms with Gasteiger partial charge in [-0.25, -0.2) is 0 Å². The van der Waals surface area contributed by atoms with Crippen molar-refractivity contribution < 1.29 is 9.47 Å². The van der Waals surface area contributed by atoms with Crippen LogP contribution in [0.1, 0.15) is 56.9 Å². The van der Waals surface area contributed by atoms with Gasteiger partial charge in [0.25, 0.3) is 0 Å². The Kier molecular flexibility index (Phi) is 8.19. The molecule has 0 aromatic heterocycles. The maximum absolute atomic E-state index is 5.86. The second kappa shape index (κ2) is 9.76. The maximum atomic E-state index is 5.86. The molecule has 1 aromatic rings. The molecule has 0 saturated heterocycles. The SMILES string of the molecule is C=Cc1cccc(C(OCCCC)OCCCC)c1. The fraction of sp³-hybridized carbons (Fsp3) is 0.529. The summed E-state index contributed by atoms with van der Waals surface area (Å²) in [5.41, 5.74) is 2.17. The molecule has 0 fully saturated rings. The summed E-state index contributed by atoms with van der Waals surface area (Å²) in [7, 11) is 0. The zero-order valence-electron chi connectivity index (χ0n) is 12.2. The van der Waals surface area contributed by atoms with Crippen LogP contribution >= 0.6 is 0 Å². The van der Waals surface area contributed by atoms with Crippen LogP contribution in [0.4, 0.5) is 0 Å². The Labute approximate surface area is 117 Å². The van der Waals surface area contributed by atoms with Gasteiger partial charge in [0.05, 0.1) is 13.2 Å². The summed E-state index contributed by atoms with van der Waals surface area (Å²) in [5, 5.41) is 0. The topological polar surface area (TPSA) is 18.5 Å². The second-order valence-corrected chi connectivity index (χ2v) is 4.65. The molecule has 0 saturated carbocycles. The number of rotatable bonds is 10. The molecule has 0 N–H and O–H groups in total. The average Bonchev–Trinajstić information content (AvgIpc) is 2.46. The first kappa shape index (κ1) is 15.9. The summed E-state index contributed by atoms with van der Waals surface area (Å²) in [6.45, 7) is 9.61. The van der Waals surface area contributed by atoms with E-state index in [0.717, 1.165) is 50.0 Å². The molecule has 0 heterocycles. The minimum Gasteiger partial charge on any atom is -0.348 e. The van der Waals surface area contributed by atoms with Crippen molar-refractivity contribution in [1.82, 2.24) is 0 Å². The van der Waals surface area contributed by atoms with E-state index in [1.54, 1.807) is 0 Å². The standard InChI is InChI=1S/C17H26O2/c1-4-7-12-18-17(19-13-8-5-2)16-11-9-10-15(6-3)14-16/h6,9-11,14,17H,3-5,7-8,12-13H2,1-2H3. The van der Waals surface area contributed by atoms with Crippen molar-refractivity contribution in [1.29, 1.82) is 0 Å². The van der Waals surface area contributed by atoms with Crippen LogP contribution in [0.25, 0.3) is 6.08 Å². The third-order valence-corrected chi connectivity index (χ3v) is 2.95. The van der Waals surface area contributed by atoms with Gasteiger partial charge in [0, 0.05) is 5.56 Å². The van der Waals surface area contributed by atoms with Crippen LogP contribution in [0.5, 0.6) is 0 Å². The zero-order valence-corrected chi connectivity index (χ0v) is 12.2. The molecular weight excluding hydrogens is 236 g/mol. The highest BCUT2D eigenvalue weighted by Crippen LogP contribution is 2.21. The van der Waals surface area contributed by atoms with Crippen LogP contribution in [-0.2, 0) is 9.47 Å². The number of benzene rings is 1. The van der Waals surface area contributed by atoms with Crippen molar-refractivity contribution in [2.24, 2.45) is 0 Å². The molecule has 2 nitrogen and oxygen atoms in total. The molecule has 19 heavy (non-hydrogen) atoms. The molecule has 2 heteroatoms. The molecule has 106 valence electrons. The molecular formula is C17H26O2. The van der Waals surface area contributed by atoms with E-state index < -0.39 is 0 Å². The highest BCUT2D eigenvalue weighted by atomic mass is 16.7. The van der Waals surface area contributed by atoms with Crippen LogP contribution < -0.4 is 0 Å². The molecule has 1 rings (SSSR count). The predicted molar refractivity (Wildman–Crippen MR) is 81.0 cm³/mol. The van der Waals surface area contributed by atoms with Gasteiger partial charge in [-0.2, -0.15) is 0 Å². The summed E-state index contributed by atoms with van der Waals surface area (Å²) < 4.78 is 11.7. The molecule has 0 aliphatic rings. The third kappa shape index (κ3) is 6.04. The molecule has 0 radical (unpaired) electrons. The predicted octanol–water partition coefficient (Wildman–Crippen LogP) is 4.96. The Balaban J connectivity index is 2.66. The normalized spacial score (nSPS) is 10.9. The van der Waals surface area contributed by atoms with Gasteiger partial charge in [0.15, 0.2) is 6.29 Å². The monoisotopic (exact) mass is 262 g/mol. The Hall–Kier alpha value is -1.12. The minimum absolute atomic E-state index is 0.252. The highest BCUT2D eigenvalue weighted by Gasteiger charge is 2.12. The van der Waals surface area contributed by atoms with E-state index in [1.807, 2.05) is 18.2 Å². The number of ether oxygens (including phenoxy) is 2. The van der Waals surface area contributed by atoms with Gasteiger partial charge in [0.2, 0.25) is 0 Å². The van der Waals surface area contributed by atoms with Crippen molar-refractivity contribution in [2.45, 2.75) is 45.8 Å². The van der Waals surface area contributed by atoms with Crippen molar-refractivity contribution in [3.05, 3.63) is 42.0 Å². The summed E-state index contributed by atoms with van der Waals surface area (Å²) in [4.78, 5) is 0. The number of hydrogen-bond donors (Lipinski definition) is 0. The molecule has 0 spiro atoms. The van der Waals surface area contributed by atoms with Crippen LogP contribution in [0, 0.1) is 0 Å². The fourth-order valence-corrected chi connectivity index (χ4v) is 1.74. The lowest BCUT2D eigenvalue weighted by molar-refractivity contribution is -0.148. The van der Waals surface area contributed by atoms with E-state index in [1.165, 1.54) is 0 Å². The molecule has 0 atom stereocenters. The Morgan fingerprint density at radius 1 is 1.11 bits per heavy atom. The smallest absolute Gasteiger partial charge is 0.183 e. The van der Waals surface area contributed by atoms with Gasteiger partial charge in [-0.1, -0.05) is 57.5 Å². The average molecular weight is 262 g/mol. The summed E-state index contributed by atoms with van der Waals surface area (Å²) in [6, 6.07) is 8.18. The van der Waals surface area contributed by atoms with E-state index in [0.29, 0.717) is 0 Å². The minimum atomic E-state index is -0.252. The number of unbranched alkanes of at least 4 members (excludes halogenated alkanes) is 2. The van der Waals surface area contributed by atoms with Gasteiger partial charge in [-0.15, -0.1) is 0 Å². The van der Waals surface area contributed by atoms with Crippen LogP contribution in [-0.4, -0.2) is 13.2 Å². The van der Waals surface area contributed by atoms with E-state index in [-0.39, 0.29) is 6.29 Å². The largest absolute Gasteiger partial charge is 0.348 e. The summed E-state index contributed by atoms with van der Waals surface area (Å²) in [6.07, 6.45) is 5.99. The van der Waals surface area contributed by atoms with Gasteiger partial charge < -0.3 is 9.47 Å². The first-order valence-corrected chi connectivity index (χ1v) is 7.27. The molecule has 0 unspecified atom stereocenters. The molecule has 0 aliphatic carbocycles. The van der Waals surface area contributed by atoms with Crippen LogP contribution in [0.15, 0.2) is 30.8 Å². The van der Waals surface area contributed by atoms with E-state index in [4.69, 9.17) is 9.47 Å². The van der Waals surface area contributed by atoms with Crippen molar-refractivity contribution in [3.8, 4) is 0 Å².